The van der Waals surface area contributed by atoms with Gasteiger partial charge in [-0.1, -0.05) is 205 Å². The van der Waals surface area contributed by atoms with Crippen LogP contribution in [0, 0.1) is 0 Å². The van der Waals surface area contributed by atoms with Gasteiger partial charge in [0.2, 0.25) is 0 Å². The molecule has 0 heterocycles. The van der Waals surface area contributed by atoms with Crippen LogP contribution in [0.5, 0.6) is 0 Å². The van der Waals surface area contributed by atoms with E-state index in [9.17, 15) is 24.2 Å². The smallest absolute Gasteiger partial charge is 0.462 e. The Balaban J connectivity index is 4.18. The van der Waals surface area contributed by atoms with Crippen molar-refractivity contribution < 1.29 is 47.8 Å². The van der Waals surface area contributed by atoms with Gasteiger partial charge in [-0.25, -0.2) is 4.57 Å². The molecule has 0 bridgehead atoms. The molecule has 1 unspecified atom stereocenters. The molecule has 0 rings (SSSR count). The minimum Gasteiger partial charge on any atom is -0.462 e. The second-order valence-electron chi connectivity index (χ2n) is 16.8. The van der Waals surface area contributed by atoms with Crippen LogP contribution in [0.2, 0.25) is 0 Å². The molecule has 0 saturated carbocycles. The second kappa shape index (κ2) is 45.5. The lowest BCUT2D eigenvalue weighted by molar-refractivity contribution is -0.161. The molecule has 0 fully saturated rings. The van der Waals surface area contributed by atoms with Gasteiger partial charge in [0.15, 0.2) is 6.10 Å². The van der Waals surface area contributed by atoms with E-state index >= 15 is 0 Å². The number of hydrogen-bond donors (Lipinski definition) is 3. The third-order valence-corrected chi connectivity index (χ3v) is 11.8. The molecule has 0 amide bonds. The van der Waals surface area contributed by atoms with Crippen molar-refractivity contribution in [3.63, 3.8) is 0 Å². The van der Waals surface area contributed by atoms with Crippen LogP contribution in [0.4, 0.5) is 0 Å². The van der Waals surface area contributed by atoms with Crippen molar-refractivity contribution in [2.75, 3.05) is 26.4 Å². The molecule has 354 valence electrons. The number of allylic oxidation sites excluding steroid dienone is 4. The molecule has 3 N–H and O–H groups in total. The van der Waals surface area contributed by atoms with Crippen LogP contribution >= 0.6 is 7.82 Å². The van der Waals surface area contributed by atoms with E-state index in [0.29, 0.717) is 12.8 Å². The molecule has 0 aliphatic rings. The van der Waals surface area contributed by atoms with Gasteiger partial charge in [-0.15, -0.1) is 0 Å². The summed E-state index contributed by atoms with van der Waals surface area (Å²) in [4.78, 5) is 35.1. The second-order valence-corrected chi connectivity index (χ2v) is 18.3. The van der Waals surface area contributed by atoms with E-state index in [1.165, 1.54) is 148 Å². The maximum absolute atomic E-state index is 12.7. The van der Waals surface area contributed by atoms with E-state index in [1.807, 2.05) is 0 Å². The molecule has 11 heteroatoms. The van der Waals surface area contributed by atoms with Gasteiger partial charge in [0.25, 0.3) is 0 Å². The molecular weight excluding hydrogens is 780 g/mol. The summed E-state index contributed by atoms with van der Waals surface area (Å²) in [5.41, 5.74) is 0. The molecule has 0 aliphatic carbocycles. The van der Waals surface area contributed by atoms with Gasteiger partial charge in [-0.3, -0.25) is 18.6 Å². The van der Waals surface area contributed by atoms with Crippen molar-refractivity contribution in [3.8, 4) is 0 Å². The lowest BCUT2D eigenvalue weighted by Crippen LogP contribution is -2.29. The Morgan fingerprint density at radius 1 is 0.500 bits per heavy atom. The molecule has 3 atom stereocenters. The molecule has 10 nitrogen and oxygen atoms in total. The number of phosphoric ester groups is 1. The number of carbonyl (C=O) groups is 2. The van der Waals surface area contributed by atoms with E-state index in [1.54, 1.807) is 0 Å². The van der Waals surface area contributed by atoms with Crippen LogP contribution in [-0.2, 0) is 32.7 Å². The number of phosphoric acid groups is 1. The zero-order valence-electron chi connectivity index (χ0n) is 38.7. The van der Waals surface area contributed by atoms with Gasteiger partial charge >= 0.3 is 19.8 Å². The quantitative estimate of drug-likeness (QED) is 0.0233. The first-order chi connectivity index (χ1) is 29.2. The van der Waals surface area contributed by atoms with Crippen molar-refractivity contribution >= 4 is 19.8 Å². The van der Waals surface area contributed by atoms with Crippen LogP contribution in [0.15, 0.2) is 24.3 Å². The highest BCUT2D eigenvalue weighted by Crippen LogP contribution is 2.43. The third-order valence-electron chi connectivity index (χ3n) is 10.9. The van der Waals surface area contributed by atoms with E-state index in [0.717, 1.165) is 51.4 Å². The number of unbranched alkanes of at least 4 members (excludes halogenated alkanes) is 29. The topological polar surface area (TPSA) is 149 Å². The summed E-state index contributed by atoms with van der Waals surface area (Å²) < 4.78 is 32.8. The lowest BCUT2D eigenvalue weighted by atomic mass is 10.0. The molecular formula is C49H93O10P. The largest absolute Gasteiger partial charge is 0.472 e. The predicted molar refractivity (Wildman–Crippen MR) is 247 cm³/mol. The zero-order valence-corrected chi connectivity index (χ0v) is 39.6. The SMILES string of the molecule is CCCCC/C=C/C/C=C/CCCCCCCCCC(=O)O[C@H](COC(=O)CCCCCCCCCCCCCCCCCCCCCC)COP(=O)(O)OC[C@@H](O)CO. The number of hydrogen-bond acceptors (Lipinski definition) is 9. The van der Waals surface area contributed by atoms with Gasteiger partial charge in [0.05, 0.1) is 19.8 Å². The minimum atomic E-state index is -4.62. The normalized spacial score (nSPS) is 13.9. The van der Waals surface area contributed by atoms with Crippen LogP contribution < -0.4 is 0 Å². The van der Waals surface area contributed by atoms with Gasteiger partial charge < -0.3 is 24.6 Å². The molecule has 0 aliphatic heterocycles. The Bertz CT molecular complexity index is 1050. The summed E-state index contributed by atoms with van der Waals surface area (Å²) in [7, 11) is -4.62. The summed E-state index contributed by atoms with van der Waals surface area (Å²) >= 11 is 0. The summed E-state index contributed by atoms with van der Waals surface area (Å²) in [6, 6.07) is 0. The monoisotopic (exact) mass is 873 g/mol. The number of rotatable bonds is 47. The summed E-state index contributed by atoms with van der Waals surface area (Å²) in [6.45, 7) is 2.39. The molecule has 60 heavy (non-hydrogen) atoms. The van der Waals surface area contributed by atoms with Gasteiger partial charge in [0.1, 0.15) is 12.7 Å². The summed E-state index contributed by atoms with van der Waals surface area (Å²) in [5.74, 6) is -0.921. The zero-order chi connectivity index (χ0) is 44.0. The first-order valence-corrected chi connectivity index (χ1v) is 26.3. The van der Waals surface area contributed by atoms with E-state index in [4.69, 9.17) is 23.6 Å². The fourth-order valence-electron chi connectivity index (χ4n) is 7.03. The lowest BCUT2D eigenvalue weighted by Gasteiger charge is -2.20. The van der Waals surface area contributed by atoms with Crippen molar-refractivity contribution in [3.05, 3.63) is 24.3 Å². The molecule has 0 aromatic rings. The fourth-order valence-corrected chi connectivity index (χ4v) is 7.82. The first kappa shape index (κ1) is 58.5. The first-order valence-electron chi connectivity index (χ1n) is 24.8. The molecule has 0 aromatic heterocycles. The standard InChI is InChI=1S/C49H93O10P/c1-3-5-7-9-11-13-15-17-19-21-22-23-25-26-28-30-32-34-36-38-40-48(52)56-44-47(45-58-60(54,55)57-43-46(51)42-50)59-49(53)41-39-37-35-33-31-29-27-24-20-18-16-14-12-10-8-6-4-2/h12,14,18,20,46-47,50-51H,3-11,13,15-17,19,21-45H2,1-2H3,(H,54,55)/b14-12+,20-18+/t46-,47+/m0/s1. The van der Waals surface area contributed by atoms with Crippen LogP contribution in [0.1, 0.15) is 239 Å². The van der Waals surface area contributed by atoms with Crippen LogP contribution in [0.3, 0.4) is 0 Å². The predicted octanol–water partition coefficient (Wildman–Crippen LogP) is 13.7. The van der Waals surface area contributed by atoms with Crippen LogP contribution in [-0.4, -0.2) is 65.7 Å². The third kappa shape index (κ3) is 44.5. The molecule has 0 spiro atoms. The van der Waals surface area contributed by atoms with Crippen molar-refractivity contribution in [2.45, 2.75) is 251 Å². The van der Waals surface area contributed by atoms with E-state index < -0.39 is 51.8 Å². The van der Waals surface area contributed by atoms with Crippen LogP contribution in [0.25, 0.3) is 0 Å². The number of aliphatic hydroxyl groups excluding tert-OH is 2. The Morgan fingerprint density at radius 2 is 0.867 bits per heavy atom. The highest BCUT2D eigenvalue weighted by Gasteiger charge is 2.27. The maximum Gasteiger partial charge on any atom is 0.472 e. The van der Waals surface area contributed by atoms with Crippen molar-refractivity contribution in [1.29, 1.82) is 0 Å². The van der Waals surface area contributed by atoms with E-state index in [2.05, 4.69) is 38.2 Å². The van der Waals surface area contributed by atoms with E-state index in [-0.39, 0.29) is 19.4 Å². The minimum absolute atomic E-state index is 0.178. The number of esters is 2. The van der Waals surface area contributed by atoms with Gasteiger partial charge in [-0.05, 0) is 44.9 Å². The maximum atomic E-state index is 12.7. The number of aliphatic hydroxyl groups is 2. The average molecular weight is 873 g/mol. The average Bonchev–Trinajstić information content (AvgIpc) is 3.24. The Hall–Kier alpha value is -1.55. The summed E-state index contributed by atoms with van der Waals surface area (Å²) in [6.07, 6.45) is 47.1. The Labute approximate surface area is 368 Å². The molecule has 0 aromatic carbocycles. The van der Waals surface area contributed by atoms with Gasteiger partial charge in [-0.2, -0.15) is 0 Å². The highest BCUT2D eigenvalue weighted by atomic mass is 31.2. The molecule has 0 saturated heterocycles. The Morgan fingerprint density at radius 3 is 1.32 bits per heavy atom. The fraction of sp³-hybridized carbons (Fsp3) is 0.878. The van der Waals surface area contributed by atoms with Crippen molar-refractivity contribution in [2.24, 2.45) is 0 Å². The highest BCUT2D eigenvalue weighted by molar-refractivity contribution is 7.47. The Kier molecular flexibility index (Phi) is 44.3. The number of ether oxygens (including phenoxy) is 2. The summed E-state index contributed by atoms with van der Waals surface area (Å²) in [5, 5.41) is 18.4. The molecule has 0 radical (unpaired) electrons. The van der Waals surface area contributed by atoms with Crippen molar-refractivity contribution in [1.82, 2.24) is 0 Å². The number of carbonyl (C=O) groups excluding carboxylic acids is 2. The van der Waals surface area contributed by atoms with Gasteiger partial charge in [0, 0.05) is 12.8 Å².